The number of hydrogen-bond acceptors (Lipinski definition) is 3. The lowest BCUT2D eigenvalue weighted by molar-refractivity contribution is 0.514. The minimum atomic E-state index is -0.527. The van der Waals surface area contributed by atoms with Crippen LogP contribution in [0, 0.1) is 25.5 Å². The molecule has 0 spiro atoms. The topological polar surface area (TPSA) is 24.9 Å². The van der Waals surface area contributed by atoms with E-state index in [1.807, 2.05) is 13.8 Å². The van der Waals surface area contributed by atoms with E-state index < -0.39 is 11.6 Å². The van der Waals surface area contributed by atoms with Crippen molar-refractivity contribution in [3.8, 4) is 0 Å². The van der Waals surface area contributed by atoms with Gasteiger partial charge in [0.25, 0.3) is 0 Å². The molecule has 0 aliphatic rings. The Morgan fingerprint density at radius 1 is 1.14 bits per heavy atom. The first-order valence-corrected chi connectivity index (χ1v) is 7.90. The minimum Gasteiger partial charge on any atom is -0.314 e. The van der Waals surface area contributed by atoms with Crippen molar-refractivity contribution in [2.45, 2.75) is 39.7 Å². The van der Waals surface area contributed by atoms with Gasteiger partial charge in [-0.1, -0.05) is 6.92 Å². The number of nitrogens with zero attached hydrogens (tertiary/aromatic N) is 1. The van der Waals surface area contributed by atoms with Gasteiger partial charge in [0.1, 0.15) is 11.6 Å². The number of aryl methyl sites for hydroxylation is 2. The van der Waals surface area contributed by atoms with Crippen molar-refractivity contribution < 1.29 is 8.78 Å². The second kappa shape index (κ2) is 7.09. The average Bonchev–Trinajstić information content (AvgIpc) is 2.67. The van der Waals surface area contributed by atoms with E-state index in [-0.39, 0.29) is 6.04 Å². The number of nitrogens with one attached hydrogen (secondary N) is 1. The van der Waals surface area contributed by atoms with Gasteiger partial charge >= 0.3 is 0 Å². The van der Waals surface area contributed by atoms with Crippen LogP contribution >= 0.6 is 11.3 Å². The fourth-order valence-electron chi connectivity index (χ4n) is 2.36. The van der Waals surface area contributed by atoms with Crippen LogP contribution in [0.25, 0.3) is 0 Å². The highest BCUT2D eigenvalue weighted by Crippen LogP contribution is 2.19. The first-order valence-electron chi connectivity index (χ1n) is 7.09. The minimum absolute atomic E-state index is 0.126. The van der Waals surface area contributed by atoms with Gasteiger partial charge in [-0.2, -0.15) is 0 Å². The largest absolute Gasteiger partial charge is 0.314 e. The summed E-state index contributed by atoms with van der Waals surface area (Å²) in [5, 5.41) is 4.43. The van der Waals surface area contributed by atoms with Gasteiger partial charge in [0.2, 0.25) is 0 Å². The summed E-state index contributed by atoms with van der Waals surface area (Å²) in [6, 6.07) is 3.82. The summed E-state index contributed by atoms with van der Waals surface area (Å²) < 4.78 is 26.6. The molecule has 0 bridgehead atoms. The molecular weight excluding hydrogens is 290 g/mol. The predicted molar refractivity (Wildman–Crippen MR) is 82.8 cm³/mol. The van der Waals surface area contributed by atoms with E-state index in [0.29, 0.717) is 12.0 Å². The quantitative estimate of drug-likeness (QED) is 0.878. The number of aromatic nitrogens is 1. The van der Waals surface area contributed by atoms with Crippen LogP contribution in [0.5, 0.6) is 0 Å². The molecular formula is C16H20F2N2S. The van der Waals surface area contributed by atoms with Gasteiger partial charge in [-0.15, -0.1) is 11.3 Å². The van der Waals surface area contributed by atoms with Gasteiger partial charge < -0.3 is 5.32 Å². The van der Waals surface area contributed by atoms with E-state index in [1.54, 1.807) is 11.3 Å². The monoisotopic (exact) mass is 310 g/mol. The van der Waals surface area contributed by atoms with Crippen LogP contribution in [0.15, 0.2) is 18.2 Å². The summed E-state index contributed by atoms with van der Waals surface area (Å²) in [6.45, 7) is 6.89. The number of thiazole rings is 1. The first kappa shape index (κ1) is 16.0. The predicted octanol–water partition coefficient (Wildman–Crippen LogP) is 3.80. The highest BCUT2D eigenvalue weighted by molar-refractivity contribution is 7.11. The van der Waals surface area contributed by atoms with Crippen LogP contribution in [0.3, 0.4) is 0 Å². The first-order chi connectivity index (χ1) is 9.97. The molecule has 0 aliphatic carbocycles. The Bertz CT molecular complexity index is 571. The van der Waals surface area contributed by atoms with E-state index in [4.69, 9.17) is 0 Å². The maximum atomic E-state index is 13.3. The number of likely N-dealkylation sites (N-methyl/N-ethyl adjacent to an activating group) is 1. The Balaban J connectivity index is 2.11. The van der Waals surface area contributed by atoms with Crippen molar-refractivity contribution in [2.75, 3.05) is 6.54 Å². The fourth-order valence-corrected chi connectivity index (χ4v) is 3.37. The van der Waals surface area contributed by atoms with Crippen LogP contribution < -0.4 is 5.32 Å². The maximum Gasteiger partial charge on any atom is 0.126 e. The van der Waals surface area contributed by atoms with Crippen LogP contribution in [0.4, 0.5) is 8.78 Å². The normalized spacial score (nSPS) is 12.6. The molecule has 0 aliphatic heterocycles. The molecule has 2 aromatic rings. The van der Waals surface area contributed by atoms with E-state index in [1.165, 1.54) is 17.0 Å². The molecule has 21 heavy (non-hydrogen) atoms. The third-order valence-corrected chi connectivity index (χ3v) is 4.49. The molecule has 0 saturated carbocycles. The summed E-state index contributed by atoms with van der Waals surface area (Å²) in [4.78, 5) is 5.76. The van der Waals surface area contributed by atoms with E-state index in [2.05, 4.69) is 17.2 Å². The molecule has 1 unspecified atom stereocenters. The Kier molecular flexibility index (Phi) is 5.42. The van der Waals surface area contributed by atoms with Gasteiger partial charge in [0.05, 0.1) is 10.7 Å². The lowest BCUT2D eigenvalue weighted by atomic mass is 10.0. The molecule has 1 aromatic heterocycles. The van der Waals surface area contributed by atoms with Crippen LogP contribution in [-0.2, 0) is 12.8 Å². The molecule has 5 heteroatoms. The van der Waals surface area contributed by atoms with Crippen molar-refractivity contribution in [2.24, 2.45) is 0 Å². The maximum absolute atomic E-state index is 13.3. The molecule has 0 saturated heterocycles. The van der Waals surface area contributed by atoms with Gasteiger partial charge in [0.15, 0.2) is 0 Å². The second-order valence-electron chi connectivity index (χ2n) is 5.19. The van der Waals surface area contributed by atoms with Gasteiger partial charge in [-0.25, -0.2) is 13.8 Å². The summed E-state index contributed by atoms with van der Waals surface area (Å²) in [5.74, 6) is -1.05. The number of hydrogen-bond donors (Lipinski definition) is 1. The molecule has 0 fully saturated rings. The third-order valence-electron chi connectivity index (χ3n) is 3.39. The molecule has 1 heterocycles. The molecule has 2 nitrogen and oxygen atoms in total. The second-order valence-corrected chi connectivity index (χ2v) is 6.48. The zero-order valence-corrected chi connectivity index (χ0v) is 13.4. The molecule has 0 radical (unpaired) electrons. The highest BCUT2D eigenvalue weighted by atomic mass is 32.1. The number of rotatable bonds is 6. The highest BCUT2D eigenvalue weighted by Gasteiger charge is 2.14. The Hall–Kier alpha value is -1.33. The van der Waals surface area contributed by atoms with E-state index in [0.717, 1.165) is 29.7 Å². The smallest absolute Gasteiger partial charge is 0.126 e. The molecule has 1 N–H and O–H groups in total. The van der Waals surface area contributed by atoms with Crippen molar-refractivity contribution >= 4 is 11.3 Å². The molecule has 2 rings (SSSR count). The number of benzene rings is 1. The molecule has 1 aromatic carbocycles. The molecule has 0 amide bonds. The van der Waals surface area contributed by atoms with Crippen molar-refractivity contribution in [3.05, 3.63) is 51.0 Å². The van der Waals surface area contributed by atoms with Gasteiger partial charge in [-0.05, 0) is 44.5 Å². The number of halogens is 2. The molecule has 1 atom stereocenters. The fraction of sp³-hybridized carbons (Fsp3) is 0.438. The van der Waals surface area contributed by atoms with Crippen molar-refractivity contribution in [1.29, 1.82) is 0 Å². The zero-order valence-electron chi connectivity index (χ0n) is 12.5. The lowest BCUT2D eigenvalue weighted by Gasteiger charge is -2.17. The summed E-state index contributed by atoms with van der Waals surface area (Å²) >= 11 is 1.69. The van der Waals surface area contributed by atoms with Crippen LogP contribution in [0.1, 0.15) is 28.1 Å². The lowest BCUT2D eigenvalue weighted by Crippen LogP contribution is -2.33. The summed E-state index contributed by atoms with van der Waals surface area (Å²) in [5.41, 5.74) is 1.73. The average molecular weight is 310 g/mol. The Morgan fingerprint density at radius 3 is 2.33 bits per heavy atom. The third kappa shape index (κ3) is 4.58. The van der Waals surface area contributed by atoms with Crippen LogP contribution in [0.2, 0.25) is 0 Å². The zero-order chi connectivity index (χ0) is 15.4. The summed E-state index contributed by atoms with van der Waals surface area (Å²) in [7, 11) is 0. The molecule has 114 valence electrons. The van der Waals surface area contributed by atoms with Crippen LogP contribution in [-0.4, -0.2) is 17.6 Å². The Labute approximate surface area is 128 Å². The van der Waals surface area contributed by atoms with Crippen molar-refractivity contribution in [1.82, 2.24) is 10.3 Å². The SMILES string of the molecule is CCNC(Cc1cc(F)cc(F)c1)Cc1nc(C)c(C)s1. The van der Waals surface area contributed by atoms with Crippen molar-refractivity contribution in [3.63, 3.8) is 0 Å². The standard InChI is InChI=1S/C16H20F2N2S/c1-4-19-15(9-16-20-10(2)11(3)21-16)7-12-5-13(17)8-14(18)6-12/h5-6,8,15,19H,4,7,9H2,1-3H3. The van der Waals surface area contributed by atoms with E-state index >= 15 is 0 Å². The summed E-state index contributed by atoms with van der Waals surface area (Å²) in [6.07, 6.45) is 1.35. The van der Waals surface area contributed by atoms with Gasteiger partial charge in [-0.3, -0.25) is 0 Å². The Morgan fingerprint density at radius 2 is 1.81 bits per heavy atom. The van der Waals surface area contributed by atoms with E-state index in [9.17, 15) is 8.78 Å². The van der Waals surface area contributed by atoms with Gasteiger partial charge in [0, 0.05) is 23.4 Å².